The van der Waals surface area contributed by atoms with Gasteiger partial charge in [0.05, 0.1) is 0 Å². The minimum absolute atomic E-state index is 0.0944. The van der Waals surface area contributed by atoms with Crippen LogP contribution in [0.3, 0.4) is 0 Å². The highest BCUT2D eigenvalue weighted by molar-refractivity contribution is 5.75. The van der Waals surface area contributed by atoms with Crippen LogP contribution in [-0.4, -0.2) is 76.5 Å². The van der Waals surface area contributed by atoms with E-state index < -0.39 is 5.60 Å². The Morgan fingerprint density at radius 2 is 1.85 bits per heavy atom. The predicted molar refractivity (Wildman–Crippen MR) is 103 cm³/mol. The van der Waals surface area contributed by atoms with Crippen LogP contribution in [0.15, 0.2) is 18.5 Å². The number of aryl methyl sites for hydroxylation is 1. The van der Waals surface area contributed by atoms with Crippen molar-refractivity contribution in [3.63, 3.8) is 0 Å². The van der Waals surface area contributed by atoms with Gasteiger partial charge in [-0.1, -0.05) is 0 Å². The minimum Gasteiger partial charge on any atom is -0.444 e. The number of piperazine rings is 1. The number of hydrogen-bond donors (Lipinski definition) is 1. The lowest BCUT2D eigenvalue weighted by molar-refractivity contribution is -0.121. The van der Waals surface area contributed by atoms with Crippen molar-refractivity contribution in [2.24, 2.45) is 0 Å². The number of carbonyl (C=O) groups is 2. The Balaban J connectivity index is 1.50. The van der Waals surface area contributed by atoms with E-state index in [0.29, 0.717) is 26.1 Å². The molecule has 1 aromatic heterocycles. The smallest absolute Gasteiger partial charge is 0.410 e. The van der Waals surface area contributed by atoms with Crippen LogP contribution < -0.4 is 5.32 Å². The molecule has 0 unspecified atom stereocenters. The third-order valence-electron chi connectivity index (χ3n) is 4.35. The highest BCUT2D eigenvalue weighted by Gasteiger charge is 2.25. The summed E-state index contributed by atoms with van der Waals surface area (Å²) in [6.07, 6.45) is 5.64. The maximum absolute atomic E-state index is 12.0. The number of carbonyl (C=O) groups excluding carboxylic acids is 2. The fraction of sp³-hybridized carbons (Fsp3) is 0.737. The van der Waals surface area contributed by atoms with Crippen molar-refractivity contribution in [1.82, 2.24) is 24.9 Å². The Kier molecular flexibility index (Phi) is 8.09. The summed E-state index contributed by atoms with van der Waals surface area (Å²) in [5.74, 6) is 0.0944. The third kappa shape index (κ3) is 8.43. The Bertz CT molecular complexity index is 575. The van der Waals surface area contributed by atoms with E-state index >= 15 is 0 Å². The Morgan fingerprint density at radius 3 is 2.48 bits per heavy atom. The number of amides is 2. The van der Waals surface area contributed by atoms with Crippen molar-refractivity contribution >= 4 is 12.0 Å². The molecule has 2 heterocycles. The topological polar surface area (TPSA) is 79.7 Å². The molecule has 0 spiro atoms. The predicted octanol–water partition coefficient (Wildman–Crippen LogP) is 1.72. The zero-order valence-corrected chi connectivity index (χ0v) is 16.8. The molecular formula is C19H33N5O3. The van der Waals surface area contributed by atoms with Gasteiger partial charge in [0, 0.05) is 58.1 Å². The summed E-state index contributed by atoms with van der Waals surface area (Å²) in [4.78, 5) is 28.0. The van der Waals surface area contributed by atoms with Crippen molar-refractivity contribution in [2.75, 3.05) is 39.3 Å². The van der Waals surface area contributed by atoms with Gasteiger partial charge in [-0.3, -0.25) is 14.4 Å². The lowest BCUT2D eigenvalue weighted by Gasteiger charge is -2.35. The molecule has 1 aromatic rings. The largest absolute Gasteiger partial charge is 0.444 e. The van der Waals surface area contributed by atoms with Gasteiger partial charge in [-0.25, -0.2) is 4.79 Å². The molecule has 2 rings (SSSR count). The van der Waals surface area contributed by atoms with Crippen molar-refractivity contribution < 1.29 is 14.3 Å². The molecule has 1 fully saturated rings. The molecule has 27 heavy (non-hydrogen) atoms. The van der Waals surface area contributed by atoms with E-state index in [-0.39, 0.29) is 12.0 Å². The Morgan fingerprint density at radius 1 is 1.11 bits per heavy atom. The van der Waals surface area contributed by atoms with Gasteiger partial charge < -0.3 is 15.0 Å². The van der Waals surface area contributed by atoms with Gasteiger partial charge in [-0.15, -0.1) is 0 Å². The van der Waals surface area contributed by atoms with E-state index in [0.717, 1.165) is 39.0 Å². The molecule has 0 saturated carbocycles. The number of nitrogens with zero attached hydrogens (tertiary/aromatic N) is 4. The number of nitrogens with one attached hydrogen (secondary N) is 1. The molecule has 0 atom stereocenters. The zero-order valence-electron chi connectivity index (χ0n) is 16.8. The summed E-state index contributed by atoms with van der Waals surface area (Å²) < 4.78 is 7.25. The molecule has 0 radical (unpaired) electrons. The van der Waals surface area contributed by atoms with Gasteiger partial charge in [0.25, 0.3) is 0 Å². The second-order valence-corrected chi connectivity index (χ2v) is 7.89. The molecule has 8 heteroatoms. The molecule has 0 aliphatic carbocycles. The maximum atomic E-state index is 12.0. The first kappa shape index (κ1) is 21.2. The van der Waals surface area contributed by atoms with Gasteiger partial charge in [-0.2, -0.15) is 5.10 Å². The van der Waals surface area contributed by atoms with Crippen LogP contribution in [0.5, 0.6) is 0 Å². The molecule has 2 amide bonds. The second-order valence-electron chi connectivity index (χ2n) is 7.89. The van der Waals surface area contributed by atoms with Gasteiger partial charge >= 0.3 is 6.09 Å². The molecule has 1 aliphatic heterocycles. The zero-order chi connectivity index (χ0) is 19.7. The Labute approximate surface area is 161 Å². The summed E-state index contributed by atoms with van der Waals surface area (Å²) in [6.45, 7) is 11.1. The first-order valence-electron chi connectivity index (χ1n) is 9.78. The highest BCUT2D eigenvalue weighted by atomic mass is 16.6. The number of rotatable bonds is 8. The summed E-state index contributed by atoms with van der Waals surface area (Å²) in [7, 11) is 0. The molecule has 1 aliphatic rings. The van der Waals surface area contributed by atoms with Crippen molar-refractivity contribution in [3.05, 3.63) is 18.5 Å². The molecule has 1 saturated heterocycles. The molecule has 152 valence electrons. The fourth-order valence-corrected chi connectivity index (χ4v) is 2.93. The first-order chi connectivity index (χ1) is 12.8. The second kappa shape index (κ2) is 10.3. The van der Waals surface area contributed by atoms with Gasteiger partial charge in [0.15, 0.2) is 0 Å². The Hall–Kier alpha value is -2.09. The van der Waals surface area contributed by atoms with Crippen molar-refractivity contribution in [2.45, 2.75) is 52.2 Å². The van der Waals surface area contributed by atoms with Crippen LogP contribution in [0.25, 0.3) is 0 Å². The van der Waals surface area contributed by atoms with Crippen molar-refractivity contribution in [3.8, 4) is 0 Å². The molecule has 0 bridgehead atoms. The van der Waals surface area contributed by atoms with Crippen LogP contribution >= 0.6 is 0 Å². The van der Waals surface area contributed by atoms with Gasteiger partial charge in [0.1, 0.15) is 5.60 Å². The molecular weight excluding hydrogens is 346 g/mol. The third-order valence-corrected chi connectivity index (χ3v) is 4.35. The van der Waals surface area contributed by atoms with E-state index in [1.165, 1.54) is 0 Å². The number of aromatic nitrogens is 2. The summed E-state index contributed by atoms with van der Waals surface area (Å²) >= 11 is 0. The van der Waals surface area contributed by atoms with Gasteiger partial charge in [0.2, 0.25) is 5.91 Å². The SMILES string of the molecule is CC(C)(C)OC(=O)N1CCN(CCCNC(=O)CCCn2cccn2)CC1. The summed E-state index contributed by atoms with van der Waals surface area (Å²) in [5.41, 5.74) is -0.454. The van der Waals surface area contributed by atoms with Gasteiger partial charge in [-0.05, 0) is 46.2 Å². The monoisotopic (exact) mass is 379 g/mol. The average molecular weight is 380 g/mol. The van der Waals surface area contributed by atoms with Crippen LogP contribution in [0, 0.1) is 0 Å². The maximum Gasteiger partial charge on any atom is 0.410 e. The van der Waals surface area contributed by atoms with E-state index in [1.54, 1.807) is 11.1 Å². The molecule has 8 nitrogen and oxygen atoms in total. The quantitative estimate of drug-likeness (QED) is 0.696. The fourth-order valence-electron chi connectivity index (χ4n) is 2.93. The van der Waals surface area contributed by atoms with E-state index in [1.807, 2.05) is 37.7 Å². The van der Waals surface area contributed by atoms with E-state index in [2.05, 4.69) is 15.3 Å². The minimum atomic E-state index is -0.454. The lowest BCUT2D eigenvalue weighted by Crippen LogP contribution is -2.50. The van der Waals surface area contributed by atoms with Crippen LogP contribution in [0.4, 0.5) is 4.79 Å². The molecule has 1 N–H and O–H groups in total. The lowest BCUT2D eigenvalue weighted by atomic mass is 10.2. The number of ether oxygens (including phenoxy) is 1. The average Bonchev–Trinajstić information content (AvgIpc) is 3.11. The summed E-state index contributed by atoms with van der Waals surface area (Å²) in [5, 5.41) is 7.10. The first-order valence-corrected chi connectivity index (χ1v) is 9.78. The van der Waals surface area contributed by atoms with Crippen LogP contribution in [0.1, 0.15) is 40.0 Å². The van der Waals surface area contributed by atoms with Crippen LogP contribution in [-0.2, 0) is 16.1 Å². The van der Waals surface area contributed by atoms with Crippen LogP contribution in [0.2, 0.25) is 0 Å². The highest BCUT2D eigenvalue weighted by Crippen LogP contribution is 2.11. The standard InChI is InChI=1S/C19H33N5O3/c1-19(2,3)27-18(26)23-15-13-22(14-16-23)10-5-8-20-17(25)7-4-11-24-12-6-9-21-24/h6,9,12H,4-5,7-8,10-11,13-16H2,1-3H3,(H,20,25). The summed E-state index contributed by atoms with van der Waals surface area (Å²) in [6, 6.07) is 1.88. The number of hydrogen-bond acceptors (Lipinski definition) is 5. The molecule has 0 aromatic carbocycles. The van der Waals surface area contributed by atoms with E-state index in [9.17, 15) is 9.59 Å². The van der Waals surface area contributed by atoms with E-state index in [4.69, 9.17) is 4.74 Å². The van der Waals surface area contributed by atoms with Crippen molar-refractivity contribution in [1.29, 1.82) is 0 Å². The normalized spacial score (nSPS) is 15.6.